The molecule has 0 aliphatic carbocycles. The van der Waals surface area contributed by atoms with Gasteiger partial charge in [-0.1, -0.05) is 6.92 Å². The highest BCUT2D eigenvalue weighted by molar-refractivity contribution is 9.10. The van der Waals surface area contributed by atoms with Crippen LogP contribution in [0.4, 0.5) is 0 Å². The second-order valence-corrected chi connectivity index (χ2v) is 5.36. The second kappa shape index (κ2) is 5.61. The average Bonchev–Trinajstić information content (AvgIpc) is 2.92. The first-order valence-corrected chi connectivity index (χ1v) is 6.93. The van der Waals surface area contributed by atoms with Crippen molar-refractivity contribution in [2.75, 3.05) is 0 Å². The summed E-state index contributed by atoms with van der Waals surface area (Å²) in [6, 6.07) is 2.37. The topological polar surface area (TPSA) is 40.7 Å². The van der Waals surface area contributed by atoms with E-state index in [2.05, 4.69) is 49.6 Å². The van der Waals surface area contributed by atoms with Crippen LogP contribution in [0.2, 0.25) is 0 Å². The molecule has 0 amide bonds. The monoisotopic (exact) mass is 299 g/mol. The third kappa shape index (κ3) is 2.72. The molecule has 0 saturated carbocycles. The first kappa shape index (κ1) is 11.8. The van der Waals surface area contributed by atoms with Crippen LogP contribution in [0.5, 0.6) is 0 Å². The first-order chi connectivity index (χ1) is 7.81. The van der Waals surface area contributed by atoms with E-state index in [0.717, 1.165) is 18.8 Å². The highest BCUT2D eigenvalue weighted by Crippen LogP contribution is 2.23. The van der Waals surface area contributed by atoms with E-state index in [0.29, 0.717) is 6.04 Å². The van der Waals surface area contributed by atoms with Crippen LogP contribution in [0, 0.1) is 0 Å². The van der Waals surface area contributed by atoms with Crippen LogP contribution in [0.25, 0.3) is 0 Å². The van der Waals surface area contributed by atoms with Gasteiger partial charge in [0.15, 0.2) is 0 Å². The maximum absolute atomic E-state index is 4.28. The SMILES string of the molecule is CCC(NCc1sccc1Br)c1ncc[nH]1. The van der Waals surface area contributed by atoms with Gasteiger partial charge in [-0.05, 0) is 33.8 Å². The van der Waals surface area contributed by atoms with E-state index in [1.807, 2.05) is 6.20 Å². The molecule has 16 heavy (non-hydrogen) atoms. The molecular weight excluding hydrogens is 286 g/mol. The number of aromatic nitrogens is 2. The second-order valence-electron chi connectivity index (χ2n) is 3.51. The predicted octanol–water partition coefficient (Wildman–Crippen LogP) is 3.47. The van der Waals surface area contributed by atoms with E-state index < -0.39 is 0 Å². The van der Waals surface area contributed by atoms with Crippen molar-refractivity contribution < 1.29 is 0 Å². The van der Waals surface area contributed by atoms with Crippen LogP contribution < -0.4 is 5.32 Å². The smallest absolute Gasteiger partial charge is 0.123 e. The zero-order chi connectivity index (χ0) is 11.4. The molecule has 2 aromatic rings. The van der Waals surface area contributed by atoms with Crippen molar-refractivity contribution in [2.45, 2.75) is 25.9 Å². The zero-order valence-corrected chi connectivity index (χ0v) is 11.4. The molecule has 0 saturated heterocycles. The number of thiophene rings is 1. The van der Waals surface area contributed by atoms with Crippen molar-refractivity contribution in [1.29, 1.82) is 0 Å². The molecule has 3 nitrogen and oxygen atoms in total. The Morgan fingerprint density at radius 3 is 3.06 bits per heavy atom. The normalized spacial score (nSPS) is 12.9. The lowest BCUT2D eigenvalue weighted by Gasteiger charge is -2.13. The summed E-state index contributed by atoms with van der Waals surface area (Å²) in [6.07, 6.45) is 4.68. The number of H-pyrrole nitrogens is 1. The molecule has 86 valence electrons. The molecule has 5 heteroatoms. The third-order valence-electron chi connectivity index (χ3n) is 2.46. The minimum Gasteiger partial charge on any atom is -0.347 e. The fourth-order valence-corrected chi connectivity index (χ4v) is 3.01. The van der Waals surface area contributed by atoms with Gasteiger partial charge in [-0.15, -0.1) is 11.3 Å². The Balaban J connectivity index is 1.96. The molecule has 2 aromatic heterocycles. The minimum atomic E-state index is 0.295. The third-order valence-corrected chi connectivity index (χ3v) is 4.38. The molecule has 0 radical (unpaired) electrons. The molecule has 0 fully saturated rings. The lowest BCUT2D eigenvalue weighted by molar-refractivity contribution is 0.500. The Labute approximate surface area is 107 Å². The summed E-state index contributed by atoms with van der Waals surface area (Å²) in [4.78, 5) is 8.76. The number of rotatable bonds is 5. The van der Waals surface area contributed by atoms with E-state index in [1.54, 1.807) is 17.5 Å². The summed E-state index contributed by atoms with van der Waals surface area (Å²) >= 11 is 5.29. The highest BCUT2D eigenvalue weighted by atomic mass is 79.9. The number of hydrogen-bond donors (Lipinski definition) is 2. The van der Waals surface area contributed by atoms with Crippen molar-refractivity contribution in [1.82, 2.24) is 15.3 Å². The number of imidazole rings is 1. The fourth-order valence-electron chi connectivity index (χ4n) is 1.57. The van der Waals surface area contributed by atoms with Crippen molar-refractivity contribution >= 4 is 27.3 Å². The van der Waals surface area contributed by atoms with Gasteiger partial charge < -0.3 is 10.3 Å². The van der Waals surface area contributed by atoms with Crippen LogP contribution in [-0.2, 0) is 6.54 Å². The Morgan fingerprint density at radius 2 is 2.50 bits per heavy atom. The van der Waals surface area contributed by atoms with E-state index >= 15 is 0 Å². The number of aromatic amines is 1. The minimum absolute atomic E-state index is 0.295. The van der Waals surface area contributed by atoms with Crippen LogP contribution >= 0.6 is 27.3 Å². The van der Waals surface area contributed by atoms with Gasteiger partial charge in [-0.25, -0.2) is 4.98 Å². The van der Waals surface area contributed by atoms with Crippen molar-refractivity contribution in [3.63, 3.8) is 0 Å². The zero-order valence-electron chi connectivity index (χ0n) is 9.03. The summed E-state index contributed by atoms with van der Waals surface area (Å²) in [5.74, 6) is 1.01. The Hall–Kier alpha value is -0.650. The molecule has 2 heterocycles. The van der Waals surface area contributed by atoms with Gasteiger partial charge in [0, 0.05) is 28.3 Å². The maximum atomic E-state index is 4.28. The summed E-state index contributed by atoms with van der Waals surface area (Å²) in [6.45, 7) is 3.03. The van der Waals surface area contributed by atoms with Gasteiger partial charge in [0.1, 0.15) is 5.82 Å². The molecule has 0 aliphatic heterocycles. The lowest BCUT2D eigenvalue weighted by Crippen LogP contribution is -2.21. The molecule has 0 spiro atoms. The molecule has 1 unspecified atom stereocenters. The Kier molecular flexibility index (Phi) is 4.15. The van der Waals surface area contributed by atoms with Crippen LogP contribution in [0.15, 0.2) is 28.3 Å². The van der Waals surface area contributed by atoms with Gasteiger partial charge in [0.25, 0.3) is 0 Å². The Bertz CT molecular complexity index is 424. The maximum Gasteiger partial charge on any atom is 0.123 e. The number of halogens is 1. The van der Waals surface area contributed by atoms with Crippen LogP contribution in [0.3, 0.4) is 0 Å². The Morgan fingerprint density at radius 1 is 1.62 bits per heavy atom. The fraction of sp³-hybridized carbons (Fsp3) is 0.364. The van der Waals surface area contributed by atoms with Gasteiger partial charge in [0.05, 0.1) is 6.04 Å². The number of hydrogen-bond acceptors (Lipinski definition) is 3. The van der Waals surface area contributed by atoms with Gasteiger partial charge in [0.2, 0.25) is 0 Å². The first-order valence-electron chi connectivity index (χ1n) is 5.25. The van der Waals surface area contributed by atoms with Gasteiger partial charge in [-0.2, -0.15) is 0 Å². The molecule has 1 atom stereocenters. The van der Waals surface area contributed by atoms with Gasteiger partial charge in [-0.3, -0.25) is 0 Å². The molecular formula is C11H14BrN3S. The lowest BCUT2D eigenvalue weighted by atomic mass is 10.2. The summed E-state index contributed by atoms with van der Waals surface area (Å²) in [5, 5.41) is 5.59. The number of nitrogens with zero attached hydrogens (tertiary/aromatic N) is 1. The quantitative estimate of drug-likeness (QED) is 0.887. The van der Waals surface area contributed by atoms with E-state index in [9.17, 15) is 0 Å². The summed E-state index contributed by atoms with van der Waals surface area (Å²) in [7, 11) is 0. The molecule has 0 aliphatic rings. The summed E-state index contributed by atoms with van der Waals surface area (Å²) < 4.78 is 1.18. The molecule has 2 N–H and O–H groups in total. The summed E-state index contributed by atoms with van der Waals surface area (Å²) in [5.41, 5.74) is 0. The largest absolute Gasteiger partial charge is 0.347 e. The van der Waals surface area contributed by atoms with E-state index in [4.69, 9.17) is 0 Å². The molecule has 2 rings (SSSR count). The van der Waals surface area contributed by atoms with Gasteiger partial charge >= 0.3 is 0 Å². The number of nitrogens with one attached hydrogen (secondary N) is 2. The highest BCUT2D eigenvalue weighted by Gasteiger charge is 2.11. The van der Waals surface area contributed by atoms with E-state index in [-0.39, 0.29) is 0 Å². The van der Waals surface area contributed by atoms with Crippen molar-refractivity contribution in [3.8, 4) is 0 Å². The van der Waals surface area contributed by atoms with Crippen molar-refractivity contribution in [3.05, 3.63) is 39.0 Å². The van der Waals surface area contributed by atoms with Crippen molar-refractivity contribution in [2.24, 2.45) is 0 Å². The molecule has 0 bridgehead atoms. The van der Waals surface area contributed by atoms with E-state index in [1.165, 1.54) is 9.35 Å². The average molecular weight is 300 g/mol. The molecule has 0 aromatic carbocycles. The van der Waals surface area contributed by atoms with Crippen LogP contribution in [0.1, 0.15) is 30.1 Å². The van der Waals surface area contributed by atoms with Crippen LogP contribution in [-0.4, -0.2) is 9.97 Å². The standard InChI is InChI=1S/C11H14BrN3S/c1-2-9(11-13-4-5-14-11)15-7-10-8(12)3-6-16-10/h3-6,9,15H,2,7H2,1H3,(H,13,14). The predicted molar refractivity (Wildman–Crippen MR) is 70.5 cm³/mol.